The van der Waals surface area contributed by atoms with E-state index < -0.39 is 0 Å². The standard InChI is InChI=1S/C51H29N3O2/c1-2-10-30(11-3-1)32-12-8-13-35(26-32)49-52-50(54-51(53-49)40-16-9-19-45-48(40)39-15-5-7-18-44(39)55-45)36-24-25-37-33(27-36)22-20-31-21-23-34-28-46-42(29-41(34)47(31)37)38-14-4-6-17-43(38)56-46/h1-29H. The molecule has 0 N–H and O–H groups in total. The van der Waals surface area contributed by atoms with Crippen molar-refractivity contribution in [3.05, 3.63) is 176 Å². The molecule has 260 valence electrons. The van der Waals surface area contributed by atoms with E-state index in [0.29, 0.717) is 17.5 Å². The molecular weight excluding hydrogens is 687 g/mol. The molecule has 12 aromatic rings. The highest BCUT2D eigenvalue weighted by molar-refractivity contribution is 6.23. The van der Waals surface area contributed by atoms with Gasteiger partial charge in [-0.3, -0.25) is 0 Å². The first-order valence-electron chi connectivity index (χ1n) is 18.8. The predicted molar refractivity (Wildman–Crippen MR) is 229 cm³/mol. The van der Waals surface area contributed by atoms with Crippen LogP contribution in [0.2, 0.25) is 0 Å². The SMILES string of the molecule is c1ccc(-c2cccc(-c3nc(-c4ccc5c(ccc6ccc7cc8oc9ccccc9c8cc7c65)c4)nc(-c4cccc5oc6ccccc6c45)n3)c2)cc1. The van der Waals surface area contributed by atoms with Gasteiger partial charge < -0.3 is 8.83 Å². The quantitative estimate of drug-likeness (QED) is 0.170. The van der Waals surface area contributed by atoms with E-state index >= 15 is 0 Å². The first-order valence-corrected chi connectivity index (χ1v) is 18.8. The van der Waals surface area contributed by atoms with Crippen LogP contribution in [0.3, 0.4) is 0 Å². The lowest BCUT2D eigenvalue weighted by Crippen LogP contribution is -2.00. The van der Waals surface area contributed by atoms with Crippen LogP contribution >= 0.6 is 0 Å². The van der Waals surface area contributed by atoms with E-state index in [0.717, 1.165) is 82.5 Å². The Labute approximate surface area is 320 Å². The summed E-state index contributed by atoms with van der Waals surface area (Å²) in [4.78, 5) is 15.6. The molecule has 0 aliphatic carbocycles. The van der Waals surface area contributed by atoms with Gasteiger partial charge >= 0.3 is 0 Å². The summed E-state index contributed by atoms with van der Waals surface area (Å²) in [7, 11) is 0. The van der Waals surface area contributed by atoms with Crippen LogP contribution in [0, 0.1) is 0 Å². The van der Waals surface area contributed by atoms with Gasteiger partial charge in [0.05, 0.1) is 0 Å². The van der Waals surface area contributed by atoms with Crippen molar-refractivity contribution in [2.75, 3.05) is 0 Å². The van der Waals surface area contributed by atoms with E-state index in [-0.39, 0.29) is 0 Å². The highest BCUT2D eigenvalue weighted by atomic mass is 16.3. The Balaban J connectivity index is 1.08. The number of aromatic nitrogens is 3. The average Bonchev–Trinajstić information content (AvgIpc) is 3.83. The maximum atomic E-state index is 6.29. The van der Waals surface area contributed by atoms with Gasteiger partial charge in [0.2, 0.25) is 0 Å². The molecule has 12 rings (SSSR count). The fourth-order valence-electron chi connectivity index (χ4n) is 8.43. The second kappa shape index (κ2) is 11.9. The van der Waals surface area contributed by atoms with Crippen LogP contribution in [0.25, 0.3) is 121 Å². The van der Waals surface area contributed by atoms with Gasteiger partial charge in [0, 0.05) is 38.2 Å². The van der Waals surface area contributed by atoms with E-state index in [4.69, 9.17) is 23.8 Å². The third-order valence-corrected chi connectivity index (χ3v) is 11.1. The second-order valence-corrected chi connectivity index (χ2v) is 14.4. The molecule has 56 heavy (non-hydrogen) atoms. The zero-order chi connectivity index (χ0) is 36.7. The molecule has 0 saturated carbocycles. The normalized spacial score (nSPS) is 11.9. The van der Waals surface area contributed by atoms with Crippen LogP contribution in [0.5, 0.6) is 0 Å². The average molecular weight is 716 g/mol. The number of benzene rings is 9. The molecule has 0 atom stereocenters. The third-order valence-electron chi connectivity index (χ3n) is 11.1. The Bertz CT molecular complexity index is 3550. The minimum atomic E-state index is 0.591. The molecular formula is C51H29N3O2. The van der Waals surface area contributed by atoms with Gasteiger partial charge in [-0.1, -0.05) is 133 Å². The molecule has 0 radical (unpaired) electrons. The van der Waals surface area contributed by atoms with Crippen LogP contribution in [0.4, 0.5) is 0 Å². The monoisotopic (exact) mass is 715 g/mol. The lowest BCUT2D eigenvalue weighted by molar-refractivity contribution is 0.669. The number of para-hydroxylation sites is 2. The van der Waals surface area contributed by atoms with Gasteiger partial charge in [-0.25, -0.2) is 15.0 Å². The number of furan rings is 2. The molecule has 0 unspecified atom stereocenters. The second-order valence-electron chi connectivity index (χ2n) is 14.4. The van der Waals surface area contributed by atoms with Crippen LogP contribution in [0.15, 0.2) is 185 Å². The Morgan fingerprint density at radius 2 is 0.893 bits per heavy atom. The van der Waals surface area contributed by atoms with Crippen molar-refractivity contribution >= 4 is 76.2 Å². The smallest absolute Gasteiger partial charge is 0.164 e. The van der Waals surface area contributed by atoms with Crippen LogP contribution in [-0.4, -0.2) is 15.0 Å². The van der Waals surface area contributed by atoms with E-state index in [1.165, 1.54) is 21.5 Å². The number of nitrogens with zero attached hydrogens (tertiary/aromatic N) is 3. The van der Waals surface area contributed by atoms with Gasteiger partial charge in [0.25, 0.3) is 0 Å². The van der Waals surface area contributed by atoms with E-state index in [2.05, 4.69) is 127 Å². The zero-order valence-corrected chi connectivity index (χ0v) is 29.9. The molecule has 0 aliphatic heterocycles. The minimum absolute atomic E-state index is 0.591. The lowest BCUT2D eigenvalue weighted by atomic mass is 9.94. The summed E-state index contributed by atoms with van der Waals surface area (Å²) in [6.07, 6.45) is 0. The molecule has 3 aromatic heterocycles. The number of hydrogen-bond acceptors (Lipinski definition) is 5. The summed E-state index contributed by atoms with van der Waals surface area (Å²) in [5.41, 5.74) is 8.37. The molecule has 0 fully saturated rings. The van der Waals surface area contributed by atoms with Crippen LogP contribution in [0.1, 0.15) is 0 Å². The first-order chi connectivity index (χ1) is 27.7. The first kappa shape index (κ1) is 30.8. The number of hydrogen-bond donors (Lipinski definition) is 0. The lowest BCUT2D eigenvalue weighted by Gasteiger charge is -2.12. The van der Waals surface area contributed by atoms with Crippen LogP contribution < -0.4 is 0 Å². The zero-order valence-electron chi connectivity index (χ0n) is 29.9. The summed E-state index contributed by atoms with van der Waals surface area (Å²) >= 11 is 0. The van der Waals surface area contributed by atoms with Crippen molar-refractivity contribution < 1.29 is 8.83 Å². The topological polar surface area (TPSA) is 65.0 Å². The van der Waals surface area contributed by atoms with E-state index in [1.807, 2.05) is 48.5 Å². The summed E-state index contributed by atoms with van der Waals surface area (Å²) < 4.78 is 12.5. The summed E-state index contributed by atoms with van der Waals surface area (Å²) in [5.74, 6) is 1.80. The largest absolute Gasteiger partial charge is 0.456 e. The Kier molecular flexibility index (Phi) is 6.56. The highest BCUT2D eigenvalue weighted by Crippen LogP contribution is 2.40. The van der Waals surface area contributed by atoms with Gasteiger partial charge in [-0.2, -0.15) is 0 Å². The highest BCUT2D eigenvalue weighted by Gasteiger charge is 2.19. The molecule has 3 heterocycles. The molecule has 5 heteroatoms. The summed E-state index contributed by atoms with van der Waals surface area (Å²) in [6, 6.07) is 61.1. The molecule has 0 saturated heterocycles. The van der Waals surface area contributed by atoms with Gasteiger partial charge in [-0.05, 0) is 85.9 Å². The van der Waals surface area contributed by atoms with Gasteiger partial charge in [-0.15, -0.1) is 0 Å². The molecule has 0 amide bonds. The van der Waals surface area contributed by atoms with Crippen molar-refractivity contribution in [2.45, 2.75) is 0 Å². The Hall–Kier alpha value is -7.63. The van der Waals surface area contributed by atoms with Crippen LogP contribution in [-0.2, 0) is 0 Å². The molecule has 0 spiro atoms. The van der Waals surface area contributed by atoms with E-state index in [9.17, 15) is 0 Å². The van der Waals surface area contributed by atoms with Crippen molar-refractivity contribution in [1.29, 1.82) is 0 Å². The molecule has 5 nitrogen and oxygen atoms in total. The third kappa shape index (κ3) is 4.78. The Morgan fingerprint density at radius 1 is 0.286 bits per heavy atom. The summed E-state index contributed by atoms with van der Waals surface area (Å²) in [5, 5.41) is 11.3. The van der Waals surface area contributed by atoms with Crippen molar-refractivity contribution in [1.82, 2.24) is 15.0 Å². The van der Waals surface area contributed by atoms with Crippen molar-refractivity contribution in [2.24, 2.45) is 0 Å². The maximum absolute atomic E-state index is 6.29. The fourth-order valence-corrected chi connectivity index (χ4v) is 8.43. The minimum Gasteiger partial charge on any atom is -0.456 e. The molecule has 0 aliphatic rings. The van der Waals surface area contributed by atoms with E-state index in [1.54, 1.807) is 0 Å². The van der Waals surface area contributed by atoms with Crippen molar-refractivity contribution in [3.8, 4) is 45.3 Å². The van der Waals surface area contributed by atoms with Gasteiger partial charge in [0.15, 0.2) is 17.5 Å². The summed E-state index contributed by atoms with van der Waals surface area (Å²) in [6.45, 7) is 0. The maximum Gasteiger partial charge on any atom is 0.164 e. The fraction of sp³-hybridized carbons (Fsp3) is 0. The predicted octanol–water partition coefficient (Wildman–Crippen LogP) is 13.8. The van der Waals surface area contributed by atoms with Gasteiger partial charge in [0.1, 0.15) is 22.3 Å². The molecule has 0 bridgehead atoms. The molecule has 9 aromatic carbocycles. The Morgan fingerprint density at radius 3 is 1.73 bits per heavy atom. The number of fused-ring (bicyclic) bond motifs is 11. The van der Waals surface area contributed by atoms with Crippen molar-refractivity contribution in [3.63, 3.8) is 0 Å². The number of rotatable bonds is 4.